The fourth-order valence-electron chi connectivity index (χ4n) is 1.70. The van der Waals surface area contributed by atoms with Crippen LogP contribution in [-0.4, -0.2) is 31.8 Å². The number of hydrogen-bond acceptors (Lipinski definition) is 7. The molecular weight excluding hydrogens is 280 g/mol. The molecule has 0 radical (unpaired) electrons. The molecule has 0 saturated heterocycles. The van der Waals surface area contributed by atoms with Gasteiger partial charge in [0, 0.05) is 14.1 Å². The summed E-state index contributed by atoms with van der Waals surface area (Å²) in [6.45, 7) is 0. The second kappa shape index (κ2) is 5.14. The van der Waals surface area contributed by atoms with Gasteiger partial charge in [-0.1, -0.05) is 11.8 Å². The molecule has 3 aromatic heterocycles. The second-order valence-electron chi connectivity index (χ2n) is 3.83. The Morgan fingerprint density at radius 1 is 1.42 bits per heavy atom. The molecule has 98 valence electrons. The number of nitrogens with zero attached hydrogens (tertiary/aromatic N) is 5. The molecule has 0 bridgehead atoms. The number of thioether (sulfide) groups is 1. The van der Waals surface area contributed by atoms with Gasteiger partial charge in [0.2, 0.25) is 0 Å². The van der Waals surface area contributed by atoms with Crippen LogP contribution >= 0.6 is 23.1 Å². The predicted octanol–water partition coefficient (Wildman–Crippen LogP) is 2.15. The lowest BCUT2D eigenvalue weighted by Gasteiger charge is -2.05. The summed E-state index contributed by atoms with van der Waals surface area (Å²) in [5.74, 6) is 2.35. The lowest BCUT2D eigenvalue weighted by molar-refractivity contribution is 0.685. The molecule has 19 heavy (non-hydrogen) atoms. The molecule has 0 aliphatic heterocycles. The van der Waals surface area contributed by atoms with Crippen LogP contribution in [0.15, 0.2) is 22.9 Å². The SMILES string of the molecule is CNc1nc(CSc2ncnn2C)nc2sccc12. The average molecular weight is 292 g/mol. The summed E-state index contributed by atoms with van der Waals surface area (Å²) < 4.78 is 1.74. The molecule has 8 heteroatoms. The van der Waals surface area contributed by atoms with Crippen LogP contribution in [0.4, 0.5) is 5.82 Å². The van der Waals surface area contributed by atoms with Crippen molar-refractivity contribution in [3.8, 4) is 0 Å². The number of hydrogen-bond donors (Lipinski definition) is 1. The molecule has 3 heterocycles. The molecule has 0 saturated carbocycles. The van der Waals surface area contributed by atoms with Crippen LogP contribution in [0.2, 0.25) is 0 Å². The van der Waals surface area contributed by atoms with Gasteiger partial charge in [0.05, 0.1) is 11.1 Å². The van der Waals surface area contributed by atoms with Gasteiger partial charge in [-0.05, 0) is 11.4 Å². The molecular formula is C11H12N6S2. The molecule has 0 atom stereocenters. The van der Waals surface area contributed by atoms with Gasteiger partial charge in [-0.25, -0.2) is 19.6 Å². The Morgan fingerprint density at radius 2 is 2.32 bits per heavy atom. The monoisotopic (exact) mass is 292 g/mol. The number of fused-ring (bicyclic) bond motifs is 1. The number of nitrogens with one attached hydrogen (secondary N) is 1. The number of thiophene rings is 1. The number of aryl methyl sites for hydroxylation is 1. The highest BCUT2D eigenvalue weighted by atomic mass is 32.2. The van der Waals surface area contributed by atoms with Crippen molar-refractivity contribution < 1.29 is 0 Å². The minimum absolute atomic E-state index is 0.676. The normalized spacial score (nSPS) is 11.1. The maximum atomic E-state index is 4.56. The van der Waals surface area contributed by atoms with Crippen molar-refractivity contribution in [2.24, 2.45) is 7.05 Å². The molecule has 0 aliphatic carbocycles. The van der Waals surface area contributed by atoms with Gasteiger partial charge in [0.15, 0.2) is 5.16 Å². The molecule has 3 aromatic rings. The van der Waals surface area contributed by atoms with E-state index in [0.717, 1.165) is 27.0 Å². The van der Waals surface area contributed by atoms with Gasteiger partial charge < -0.3 is 5.32 Å². The first-order chi connectivity index (χ1) is 9.28. The summed E-state index contributed by atoms with van der Waals surface area (Å²) in [5, 5.41) is 11.1. The van der Waals surface area contributed by atoms with Crippen molar-refractivity contribution in [2.45, 2.75) is 10.9 Å². The van der Waals surface area contributed by atoms with Crippen molar-refractivity contribution in [3.05, 3.63) is 23.6 Å². The fourth-order valence-corrected chi connectivity index (χ4v) is 3.23. The summed E-state index contributed by atoms with van der Waals surface area (Å²) in [5.41, 5.74) is 0. The van der Waals surface area contributed by atoms with Crippen molar-refractivity contribution in [1.82, 2.24) is 24.7 Å². The zero-order valence-electron chi connectivity index (χ0n) is 10.5. The Balaban J connectivity index is 1.86. The molecule has 1 N–H and O–H groups in total. The largest absolute Gasteiger partial charge is 0.372 e. The smallest absolute Gasteiger partial charge is 0.186 e. The van der Waals surface area contributed by atoms with Crippen LogP contribution in [0.3, 0.4) is 0 Å². The zero-order valence-corrected chi connectivity index (χ0v) is 12.1. The van der Waals surface area contributed by atoms with Crippen molar-refractivity contribution in [2.75, 3.05) is 12.4 Å². The van der Waals surface area contributed by atoms with Crippen molar-refractivity contribution >= 4 is 39.1 Å². The summed E-state index contributed by atoms with van der Waals surface area (Å²) in [6.07, 6.45) is 1.55. The lowest BCUT2D eigenvalue weighted by Crippen LogP contribution is -2.00. The lowest BCUT2D eigenvalue weighted by atomic mass is 10.4. The Morgan fingerprint density at radius 3 is 3.05 bits per heavy atom. The van der Waals surface area contributed by atoms with Gasteiger partial charge >= 0.3 is 0 Å². The van der Waals surface area contributed by atoms with Crippen LogP contribution in [0.5, 0.6) is 0 Å². The van der Waals surface area contributed by atoms with Gasteiger partial charge in [0.25, 0.3) is 0 Å². The third-order valence-electron chi connectivity index (χ3n) is 2.61. The van der Waals surface area contributed by atoms with Crippen LogP contribution in [0.25, 0.3) is 10.2 Å². The molecule has 0 fully saturated rings. The predicted molar refractivity (Wildman–Crippen MR) is 77.5 cm³/mol. The second-order valence-corrected chi connectivity index (χ2v) is 5.67. The minimum Gasteiger partial charge on any atom is -0.372 e. The van der Waals surface area contributed by atoms with Crippen LogP contribution in [0, 0.1) is 0 Å². The van der Waals surface area contributed by atoms with E-state index in [1.165, 1.54) is 0 Å². The summed E-state index contributed by atoms with van der Waals surface area (Å²) >= 11 is 3.20. The van der Waals surface area contributed by atoms with E-state index in [4.69, 9.17) is 0 Å². The Bertz CT molecular complexity index is 704. The van der Waals surface area contributed by atoms with E-state index in [-0.39, 0.29) is 0 Å². The van der Waals surface area contributed by atoms with Crippen LogP contribution in [-0.2, 0) is 12.8 Å². The highest BCUT2D eigenvalue weighted by Crippen LogP contribution is 2.26. The van der Waals surface area contributed by atoms with Gasteiger partial charge in [-0.15, -0.1) is 11.3 Å². The van der Waals surface area contributed by atoms with E-state index in [1.54, 1.807) is 34.1 Å². The maximum Gasteiger partial charge on any atom is 0.186 e. The zero-order chi connectivity index (χ0) is 13.2. The highest BCUT2D eigenvalue weighted by Gasteiger charge is 2.09. The molecule has 0 spiro atoms. The standard InChI is InChI=1S/C11H12N6S2/c1-12-9-7-3-4-18-10(7)16-8(15-9)5-19-11-13-6-14-17(11)2/h3-4,6H,5H2,1-2H3,(H,12,15,16). The molecule has 0 amide bonds. The Labute approximate surface area is 118 Å². The summed E-state index contributed by atoms with van der Waals surface area (Å²) in [4.78, 5) is 14.3. The minimum atomic E-state index is 0.676. The number of rotatable bonds is 4. The van der Waals surface area contributed by atoms with Crippen LogP contribution in [0.1, 0.15) is 5.82 Å². The van der Waals surface area contributed by atoms with Crippen LogP contribution < -0.4 is 5.32 Å². The van der Waals surface area contributed by atoms with E-state index in [1.807, 2.05) is 25.5 Å². The summed E-state index contributed by atoms with van der Waals surface area (Å²) in [7, 11) is 3.75. The Hall–Kier alpha value is -1.67. The third-order valence-corrected chi connectivity index (χ3v) is 4.45. The van der Waals surface area contributed by atoms with Crippen molar-refractivity contribution in [3.63, 3.8) is 0 Å². The van der Waals surface area contributed by atoms with E-state index in [9.17, 15) is 0 Å². The molecule has 6 nitrogen and oxygen atoms in total. The van der Waals surface area contributed by atoms with E-state index < -0.39 is 0 Å². The fraction of sp³-hybridized carbons (Fsp3) is 0.273. The molecule has 0 aliphatic rings. The van der Waals surface area contributed by atoms with Gasteiger partial charge in [0.1, 0.15) is 22.8 Å². The number of anilines is 1. The van der Waals surface area contributed by atoms with E-state index in [0.29, 0.717) is 5.75 Å². The first-order valence-corrected chi connectivity index (χ1v) is 7.53. The average Bonchev–Trinajstić information content (AvgIpc) is 3.04. The van der Waals surface area contributed by atoms with E-state index in [2.05, 4.69) is 25.4 Å². The third kappa shape index (κ3) is 2.41. The first kappa shape index (κ1) is 12.4. The molecule has 0 aromatic carbocycles. The van der Waals surface area contributed by atoms with Gasteiger partial charge in [-0.2, -0.15) is 5.10 Å². The summed E-state index contributed by atoms with van der Waals surface area (Å²) in [6, 6.07) is 2.03. The number of aromatic nitrogens is 5. The Kier molecular flexibility index (Phi) is 3.34. The quantitative estimate of drug-likeness (QED) is 0.743. The molecule has 0 unspecified atom stereocenters. The first-order valence-electron chi connectivity index (χ1n) is 5.66. The maximum absolute atomic E-state index is 4.56. The van der Waals surface area contributed by atoms with E-state index >= 15 is 0 Å². The van der Waals surface area contributed by atoms with Crippen molar-refractivity contribution in [1.29, 1.82) is 0 Å². The molecule has 3 rings (SSSR count). The highest BCUT2D eigenvalue weighted by molar-refractivity contribution is 7.98. The topological polar surface area (TPSA) is 68.5 Å². The van der Waals surface area contributed by atoms with Gasteiger partial charge in [-0.3, -0.25) is 0 Å².